The maximum atomic E-state index is 5.74. The number of nitrogens with zero attached hydrogens (tertiary/aromatic N) is 1. The molecule has 6 heteroatoms. The number of anilines is 1. The van der Waals surface area contributed by atoms with Crippen LogP contribution in [0.15, 0.2) is 54.9 Å². The van der Waals surface area contributed by atoms with Crippen LogP contribution in [0.4, 0.5) is 5.13 Å². The SMILES string of the molecule is COc1cccc(C(CNc2ncc(C)s2)c2c[nH]c3ccccc23)c1OC. The lowest BCUT2D eigenvalue weighted by molar-refractivity contribution is 0.350. The number of hydrogen-bond donors (Lipinski definition) is 2. The monoisotopic (exact) mass is 393 g/mol. The fourth-order valence-electron chi connectivity index (χ4n) is 3.58. The molecule has 4 rings (SSSR count). The van der Waals surface area contributed by atoms with Gasteiger partial charge >= 0.3 is 0 Å². The van der Waals surface area contributed by atoms with Crippen molar-refractivity contribution in [3.63, 3.8) is 0 Å². The number of aryl methyl sites for hydroxylation is 1. The number of thiazole rings is 1. The molecule has 0 aliphatic carbocycles. The number of aromatic amines is 1. The highest BCUT2D eigenvalue weighted by Gasteiger charge is 2.23. The lowest BCUT2D eigenvalue weighted by Crippen LogP contribution is -2.15. The predicted molar refractivity (Wildman–Crippen MR) is 115 cm³/mol. The second-order valence-electron chi connectivity index (χ2n) is 6.58. The van der Waals surface area contributed by atoms with Crippen molar-refractivity contribution < 1.29 is 9.47 Å². The summed E-state index contributed by atoms with van der Waals surface area (Å²) < 4.78 is 11.3. The molecular weight excluding hydrogens is 370 g/mol. The van der Waals surface area contributed by atoms with Gasteiger partial charge in [-0.15, -0.1) is 11.3 Å². The van der Waals surface area contributed by atoms with Crippen LogP contribution in [0.2, 0.25) is 0 Å². The van der Waals surface area contributed by atoms with Crippen molar-refractivity contribution in [3.8, 4) is 11.5 Å². The van der Waals surface area contributed by atoms with Crippen molar-refractivity contribution >= 4 is 27.4 Å². The molecule has 1 atom stereocenters. The van der Waals surface area contributed by atoms with Crippen molar-refractivity contribution in [3.05, 3.63) is 70.9 Å². The molecule has 144 valence electrons. The zero-order valence-electron chi connectivity index (χ0n) is 16.2. The molecule has 1 unspecified atom stereocenters. The van der Waals surface area contributed by atoms with Gasteiger partial charge in [0.2, 0.25) is 0 Å². The maximum absolute atomic E-state index is 5.74. The van der Waals surface area contributed by atoms with Crippen LogP contribution in [0.1, 0.15) is 21.9 Å². The molecule has 0 aliphatic rings. The third-order valence-electron chi connectivity index (χ3n) is 4.88. The number of nitrogens with one attached hydrogen (secondary N) is 2. The van der Waals surface area contributed by atoms with Crippen molar-refractivity contribution in [2.75, 3.05) is 26.1 Å². The molecular formula is C22H23N3O2S. The molecule has 2 aromatic heterocycles. The molecule has 0 bridgehead atoms. The van der Waals surface area contributed by atoms with E-state index < -0.39 is 0 Å². The van der Waals surface area contributed by atoms with Crippen molar-refractivity contribution in [2.45, 2.75) is 12.8 Å². The fraction of sp³-hybridized carbons (Fsp3) is 0.227. The van der Waals surface area contributed by atoms with E-state index in [4.69, 9.17) is 9.47 Å². The number of aromatic nitrogens is 2. The first kappa shape index (κ1) is 18.4. The van der Waals surface area contributed by atoms with Crippen LogP contribution < -0.4 is 14.8 Å². The van der Waals surface area contributed by atoms with Crippen LogP contribution in [-0.4, -0.2) is 30.7 Å². The minimum absolute atomic E-state index is 0.0606. The molecule has 2 heterocycles. The van der Waals surface area contributed by atoms with Crippen LogP contribution in [0.3, 0.4) is 0 Å². The summed E-state index contributed by atoms with van der Waals surface area (Å²) in [5.41, 5.74) is 3.41. The molecule has 4 aromatic rings. The normalized spacial score (nSPS) is 12.1. The number of methoxy groups -OCH3 is 2. The Morgan fingerprint density at radius 3 is 2.68 bits per heavy atom. The minimum atomic E-state index is 0.0606. The van der Waals surface area contributed by atoms with E-state index >= 15 is 0 Å². The highest BCUT2D eigenvalue weighted by atomic mass is 32.1. The number of hydrogen-bond acceptors (Lipinski definition) is 5. The average molecular weight is 394 g/mol. The van der Waals surface area contributed by atoms with Gasteiger partial charge in [-0.2, -0.15) is 0 Å². The Bertz CT molecular complexity index is 1090. The summed E-state index contributed by atoms with van der Waals surface area (Å²) >= 11 is 1.66. The van der Waals surface area contributed by atoms with Crippen LogP contribution in [0, 0.1) is 6.92 Å². The van der Waals surface area contributed by atoms with Gasteiger partial charge in [0.05, 0.1) is 14.2 Å². The Morgan fingerprint density at radius 2 is 1.93 bits per heavy atom. The molecule has 5 nitrogen and oxygen atoms in total. The van der Waals surface area contributed by atoms with Crippen molar-refractivity contribution in [2.24, 2.45) is 0 Å². The summed E-state index contributed by atoms with van der Waals surface area (Å²) in [4.78, 5) is 9.02. The largest absolute Gasteiger partial charge is 0.493 e. The molecule has 0 spiro atoms. The third kappa shape index (κ3) is 3.43. The molecule has 2 aromatic carbocycles. The first-order valence-electron chi connectivity index (χ1n) is 9.14. The number of ether oxygens (including phenoxy) is 2. The zero-order chi connectivity index (χ0) is 19.5. The average Bonchev–Trinajstić information content (AvgIpc) is 3.34. The van der Waals surface area contributed by atoms with Gasteiger partial charge in [0.1, 0.15) is 0 Å². The lowest BCUT2D eigenvalue weighted by Gasteiger charge is -2.21. The van der Waals surface area contributed by atoms with Crippen molar-refractivity contribution in [1.29, 1.82) is 0 Å². The Kier molecular flexibility index (Phi) is 5.21. The second kappa shape index (κ2) is 7.94. The molecule has 0 saturated heterocycles. The van der Waals surface area contributed by atoms with Gasteiger partial charge in [-0.3, -0.25) is 0 Å². The number of H-pyrrole nitrogens is 1. The molecule has 28 heavy (non-hydrogen) atoms. The Balaban J connectivity index is 1.80. The Morgan fingerprint density at radius 1 is 1.07 bits per heavy atom. The first-order valence-corrected chi connectivity index (χ1v) is 9.96. The number of rotatable bonds is 7. The molecule has 2 N–H and O–H groups in total. The van der Waals surface area contributed by atoms with Gasteiger partial charge in [0.25, 0.3) is 0 Å². The van der Waals surface area contributed by atoms with Crippen LogP contribution in [0.25, 0.3) is 10.9 Å². The summed E-state index contributed by atoms with van der Waals surface area (Å²) in [6.45, 7) is 2.75. The standard InChI is InChI=1S/C22H23N3O2S/c1-14-11-24-22(28-14)25-13-18(16-8-6-10-20(26-2)21(16)27-3)17-12-23-19-9-5-4-7-15(17)19/h4-12,18,23H,13H2,1-3H3,(H,24,25). The van der Waals surface area contributed by atoms with E-state index in [0.717, 1.165) is 27.7 Å². The van der Waals surface area contributed by atoms with Crippen LogP contribution >= 0.6 is 11.3 Å². The summed E-state index contributed by atoms with van der Waals surface area (Å²) in [5.74, 6) is 1.55. The molecule has 0 amide bonds. The lowest BCUT2D eigenvalue weighted by atomic mass is 9.90. The van der Waals surface area contributed by atoms with Gasteiger partial charge in [0, 0.05) is 46.2 Å². The number of para-hydroxylation sites is 2. The highest BCUT2D eigenvalue weighted by Crippen LogP contribution is 2.40. The molecule has 0 saturated carbocycles. The zero-order valence-corrected chi connectivity index (χ0v) is 17.0. The topological polar surface area (TPSA) is 59.2 Å². The summed E-state index contributed by atoms with van der Waals surface area (Å²) in [6.07, 6.45) is 3.98. The van der Waals surface area contributed by atoms with Crippen LogP contribution in [-0.2, 0) is 0 Å². The van der Waals surface area contributed by atoms with E-state index in [2.05, 4.69) is 52.7 Å². The van der Waals surface area contributed by atoms with E-state index in [-0.39, 0.29) is 5.92 Å². The molecule has 0 aliphatic heterocycles. The first-order chi connectivity index (χ1) is 13.7. The van der Waals surface area contributed by atoms with E-state index in [0.29, 0.717) is 6.54 Å². The smallest absolute Gasteiger partial charge is 0.182 e. The number of benzene rings is 2. The molecule has 0 radical (unpaired) electrons. The van der Waals surface area contributed by atoms with E-state index in [9.17, 15) is 0 Å². The summed E-state index contributed by atoms with van der Waals surface area (Å²) in [5, 5.41) is 5.63. The maximum Gasteiger partial charge on any atom is 0.182 e. The van der Waals surface area contributed by atoms with E-state index in [1.807, 2.05) is 24.4 Å². The van der Waals surface area contributed by atoms with Gasteiger partial charge in [0.15, 0.2) is 16.6 Å². The summed E-state index contributed by atoms with van der Waals surface area (Å²) in [6, 6.07) is 14.4. The molecule has 0 fully saturated rings. The van der Waals surface area contributed by atoms with Gasteiger partial charge in [-0.05, 0) is 24.6 Å². The van der Waals surface area contributed by atoms with Gasteiger partial charge in [-0.25, -0.2) is 4.98 Å². The fourth-order valence-corrected chi connectivity index (χ4v) is 4.25. The Hall–Kier alpha value is -2.99. The predicted octanol–water partition coefficient (Wildman–Crippen LogP) is 5.19. The Labute approximate surface area is 168 Å². The van der Waals surface area contributed by atoms with E-state index in [1.54, 1.807) is 25.6 Å². The van der Waals surface area contributed by atoms with E-state index in [1.165, 1.54) is 15.8 Å². The van der Waals surface area contributed by atoms with Gasteiger partial charge in [-0.1, -0.05) is 30.3 Å². The minimum Gasteiger partial charge on any atom is -0.493 e. The number of fused-ring (bicyclic) bond motifs is 1. The summed E-state index contributed by atoms with van der Waals surface area (Å²) in [7, 11) is 3.35. The second-order valence-corrected chi connectivity index (χ2v) is 7.82. The third-order valence-corrected chi connectivity index (χ3v) is 5.75. The quantitative estimate of drug-likeness (QED) is 0.453. The highest BCUT2D eigenvalue weighted by molar-refractivity contribution is 7.15. The van der Waals surface area contributed by atoms with Gasteiger partial charge < -0.3 is 19.8 Å². The van der Waals surface area contributed by atoms with Crippen molar-refractivity contribution in [1.82, 2.24) is 9.97 Å². The van der Waals surface area contributed by atoms with Crippen LogP contribution in [0.5, 0.6) is 11.5 Å².